The van der Waals surface area contributed by atoms with Gasteiger partial charge in [-0.2, -0.15) is 0 Å². The highest BCUT2D eigenvalue weighted by atomic mass is 16.4. The minimum atomic E-state index is -0.999. The molecule has 2 fully saturated rings. The summed E-state index contributed by atoms with van der Waals surface area (Å²) in [6.07, 6.45) is 5.38. The fourth-order valence-corrected chi connectivity index (χ4v) is 3.57. The number of likely N-dealkylation sites (tertiary alicyclic amines) is 1. The molecule has 1 saturated heterocycles. The van der Waals surface area contributed by atoms with E-state index in [1.807, 2.05) is 25.7 Å². The van der Waals surface area contributed by atoms with Crippen molar-refractivity contribution in [2.24, 2.45) is 0 Å². The second-order valence-electron chi connectivity index (χ2n) is 6.95. The topological polar surface area (TPSA) is 60.9 Å². The zero-order chi connectivity index (χ0) is 14.9. The Hall–Kier alpha value is -1.26. The Morgan fingerprint density at radius 3 is 2.30 bits per heavy atom. The molecule has 1 atom stereocenters. The van der Waals surface area contributed by atoms with Crippen LogP contribution in [0, 0.1) is 0 Å². The second kappa shape index (κ2) is 5.62. The summed E-state index contributed by atoms with van der Waals surface area (Å²) in [6, 6.07) is -0.175. The van der Waals surface area contributed by atoms with Crippen molar-refractivity contribution < 1.29 is 14.7 Å². The lowest BCUT2D eigenvalue weighted by Gasteiger charge is -2.38. The van der Waals surface area contributed by atoms with E-state index in [0.29, 0.717) is 19.0 Å². The largest absolute Gasteiger partial charge is 0.465 e. The van der Waals surface area contributed by atoms with E-state index in [1.54, 1.807) is 0 Å². The van der Waals surface area contributed by atoms with Crippen LogP contribution in [0.1, 0.15) is 59.3 Å². The standard InChI is InChI=1S/C15H26N2O3/c1-15(2,3)17(14(19)20)12-9-10-16(13(12)18)11-7-5-4-6-8-11/h11-12H,4-10H2,1-3H3,(H,19,20)/t12-/m0/s1. The average Bonchev–Trinajstić information content (AvgIpc) is 2.70. The fourth-order valence-electron chi connectivity index (χ4n) is 3.57. The van der Waals surface area contributed by atoms with Crippen molar-refractivity contribution in [1.29, 1.82) is 0 Å². The molecule has 0 radical (unpaired) electrons. The Kier molecular flexibility index (Phi) is 4.25. The summed E-state index contributed by atoms with van der Waals surface area (Å²) in [4.78, 5) is 27.4. The van der Waals surface area contributed by atoms with E-state index in [4.69, 9.17) is 0 Å². The van der Waals surface area contributed by atoms with Crippen LogP contribution in [-0.2, 0) is 4.79 Å². The zero-order valence-electron chi connectivity index (χ0n) is 12.8. The first-order valence-electron chi connectivity index (χ1n) is 7.65. The smallest absolute Gasteiger partial charge is 0.408 e. The number of hydrogen-bond donors (Lipinski definition) is 1. The number of nitrogens with zero attached hydrogens (tertiary/aromatic N) is 2. The van der Waals surface area contributed by atoms with Crippen LogP contribution < -0.4 is 0 Å². The molecule has 2 rings (SSSR count). The lowest BCUT2D eigenvalue weighted by Crippen LogP contribution is -2.54. The highest BCUT2D eigenvalue weighted by molar-refractivity contribution is 5.87. The van der Waals surface area contributed by atoms with Gasteiger partial charge in [-0.3, -0.25) is 9.69 Å². The molecule has 20 heavy (non-hydrogen) atoms. The van der Waals surface area contributed by atoms with Gasteiger partial charge < -0.3 is 10.0 Å². The first-order chi connectivity index (χ1) is 9.32. The summed E-state index contributed by atoms with van der Waals surface area (Å²) in [7, 11) is 0. The Morgan fingerprint density at radius 2 is 1.80 bits per heavy atom. The molecule has 5 nitrogen and oxygen atoms in total. The highest BCUT2D eigenvalue weighted by Gasteiger charge is 2.44. The summed E-state index contributed by atoms with van der Waals surface area (Å²) in [5.41, 5.74) is -0.547. The van der Waals surface area contributed by atoms with Gasteiger partial charge in [0, 0.05) is 18.1 Å². The third-order valence-corrected chi connectivity index (χ3v) is 4.47. The Balaban J connectivity index is 2.11. The van der Waals surface area contributed by atoms with Crippen molar-refractivity contribution in [3.63, 3.8) is 0 Å². The van der Waals surface area contributed by atoms with Crippen molar-refractivity contribution in [3.05, 3.63) is 0 Å². The molecule has 0 spiro atoms. The number of carbonyl (C=O) groups excluding carboxylic acids is 1. The Labute approximate surface area is 120 Å². The average molecular weight is 282 g/mol. The quantitative estimate of drug-likeness (QED) is 0.847. The van der Waals surface area contributed by atoms with Crippen LogP contribution >= 0.6 is 0 Å². The van der Waals surface area contributed by atoms with Gasteiger partial charge in [-0.05, 0) is 40.0 Å². The van der Waals surface area contributed by atoms with Crippen LogP contribution in [0.25, 0.3) is 0 Å². The number of amides is 2. The third-order valence-electron chi connectivity index (χ3n) is 4.47. The molecule has 2 amide bonds. The predicted octanol–water partition coefficient (Wildman–Crippen LogP) is 2.70. The van der Waals surface area contributed by atoms with Crippen molar-refractivity contribution in [2.45, 2.75) is 76.9 Å². The molecule has 114 valence electrons. The molecule has 1 heterocycles. The molecule has 1 saturated carbocycles. The minimum absolute atomic E-state index is 0.00854. The molecule has 5 heteroatoms. The predicted molar refractivity (Wildman–Crippen MR) is 76.6 cm³/mol. The molecule has 0 aromatic carbocycles. The van der Waals surface area contributed by atoms with Gasteiger partial charge in [0.1, 0.15) is 6.04 Å². The first kappa shape index (κ1) is 15.1. The number of rotatable bonds is 2. The number of hydrogen-bond acceptors (Lipinski definition) is 2. The maximum atomic E-state index is 12.6. The van der Waals surface area contributed by atoms with E-state index >= 15 is 0 Å². The molecule has 0 bridgehead atoms. The van der Waals surface area contributed by atoms with E-state index in [9.17, 15) is 14.7 Å². The Morgan fingerprint density at radius 1 is 1.20 bits per heavy atom. The summed E-state index contributed by atoms with van der Waals surface area (Å²) < 4.78 is 0. The molecule has 2 aliphatic rings. The van der Waals surface area contributed by atoms with Crippen LogP contribution in [0.5, 0.6) is 0 Å². The van der Waals surface area contributed by atoms with Gasteiger partial charge in [0.25, 0.3) is 0 Å². The zero-order valence-corrected chi connectivity index (χ0v) is 12.8. The van der Waals surface area contributed by atoms with E-state index in [2.05, 4.69) is 0 Å². The lowest BCUT2D eigenvalue weighted by atomic mass is 9.94. The van der Waals surface area contributed by atoms with Crippen LogP contribution in [0.4, 0.5) is 4.79 Å². The molecular formula is C15H26N2O3. The molecule has 0 aromatic rings. The second-order valence-corrected chi connectivity index (χ2v) is 6.95. The van der Waals surface area contributed by atoms with E-state index < -0.39 is 17.7 Å². The van der Waals surface area contributed by atoms with Gasteiger partial charge in [-0.1, -0.05) is 19.3 Å². The molecule has 1 aliphatic heterocycles. The number of carboxylic acid groups (broad SMARTS) is 1. The van der Waals surface area contributed by atoms with Gasteiger partial charge in [0.05, 0.1) is 0 Å². The normalized spacial score (nSPS) is 25.1. The number of carbonyl (C=O) groups is 2. The lowest BCUT2D eigenvalue weighted by molar-refractivity contribution is -0.135. The van der Waals surface area contributed by atoms with Crippen LogP contribution in [0.15, 0.2) is 0 Å². The van der Waals surface area contributed by atoms with Gasteiger partial charge >= 0.3 is 6.09 Å². The summed E-state index contributed by atoms with van der Waals surface area (Å²) in [5.74, 6) is 0.00854. The maximum absolute atomic E-state index is 12.6. The van der Waals surface area contributed by atoms with Gasteiger partial charge in [-0.15, -0.1) is 0 Å². The van der Waals surface area contributed by atoms with Gasteiger partial charge in [0.15, 0.2) is 0 Å². The van der Waals surface area contributed by atoms with Crippen LogP contribution in [0.3, 0.4) is 0 Å². The van der Waals surface area contributed by atoms with Gasteiger partial charge in [-0.25, -0.2) is 4.79 Å². The van der Waals surface area contributed by atoms with Crippen LogP contribution in [0.2, 0.25) is 0 Å². The van der Waals surface area contributed by atoms with E-state index in [1.165, 1.54) is 24.2 Å². The monoisotopic (exact) mass is 282 g/mol. The van der Waals surface area contributed by atoms with E-state index in [0.717, 1.165) is 12.8 Å². The van der Waals surface area contributed by atoms with Crippen LogP contribution in [-0.4, -0.2) is 51.1 Å². The van der Waals surface area contributed by atoms with Crippen molar-refractivity contribution in [2.75, 3.05) is 6.54 Å². The molecule has 1 aliphatic carbocycles. The molecule has 1 N–H and O–H groups in total. The molecule has 0 aromatic heterocycles. The van der Waals surface area contributed by atoms with Crippen molar-refractivity contribution in [3.8, 4) is 0 Å². The maximum Gasteiger partial charge on any atom is 0.408 e. The SMILES string of the molecule is CC(C)(C)N(C(=O)O)[C@H]1CCN(C2CCCCC2)C1=O. The van der Waals surface area contributed by atoms with Crippen molar-refractivity contribution in [1.82, 2.24) is 9.80 Å². The minimum Gasteiger partial charge on any atom is -0.465 e. The van der Waals surface area contributed by atoms with Gasteiger partial charge in [0.2, 0.25) is 5.91 Å². The summed E-state index contributed by atoms with van der Waals surface area (Å²) in [5, 5.41) is 9.44. The molecule has 0 unspecified atom stereocenters. The summed E-state index contributed by atoms with van der Waals surface area (Å²) >= 11 is 0. The Bertz CT molecular complexity index is 383. The molecular weight excluding hydrogens is 256 g/mol. The summed E-state index contributed by atoms with van der Waals surface area (Å²) in [6.45, 7) is 6.24. The van der Waals surface area contributed by atoms with Crippen molar-refractivity contribution >= 4 is 12.0 Å². The fraction of sp³-hybridized carbons (Fsp3) is 0.867. The van der Waals surface area contributed by atoms with E-state index in [-0.39, 0.29) is 5.91 Å². The first-order valence-corrected chi connectivity index (χ1v) is 7.65. The third kappa shape index (κ3) is 2.91. The highest BCUT2D eigenvalue weighted by Crippen LogP contribution is 2.30.